The quantitative estimate of drug-likeness (QED) is 0.891. The molecule has 0 bridgehead atoms. The molecule has 0 unspecified atom stereocenters. The normalized spacial score (nSPS) is 11.9. The van der Waals surface area contributed by atoms with Crippen LogP contribution in [-0.2, 0) is 9.84 Å². The summed E-state index contributed by atoms with van der Waals surface area (Å²) in [6.07, 6.45) is 0. The number of hydrogen-bond donors (Lipinski definition) is 1. The van der Waals surface area contributed by atoms with E-state index < -0.39 is 15.1 Å². The molecule has 0 aliphatic carbocycles. The van der Waals surface area contributed by atoms with E-state index in [0.29, 0.717) is 20.8 Å². The Balaban J connectivity index is 2.71. The molecule has 0 spiro atoms. The van der Waals surface area contributed by atoms with E-state index in [4.69, 9.17) is 34.8 Å². The molecule has 0 amide bonds. The summed E-state index contributed by atoms with van der Waals surface area (Å²) in [5, 5.41) is 3.70. The van der Waals surface area contributed by atoms with Gasteiger partial charge in [-0.3, -0.25) is 0 Å². The number of sulfone groups is 1. The summed E-state index contributed by atoms with van der Waals surface area (Å²) in [5.74, 6) is 0.0277. The minimum Gasteiger partial charge on any atom is -0.382 e. The first-order chi connectivity index (χ1) is 8.24. The number of nitrogens with one attached hydrogen (secondary N) is 1. The van der Waals surface area contributed by atoms with E-state index in [1.807, 2.05) is 0 Å². The highest BCUT2D eigenvalue weighted by atomic mass is 35.5. The fraction of sp³-hybridized carbons (Fsp3) is 0.455. The second kappa shape index (κ2) is 6.33. The molecule has 102 valence electrons. The van der Waals surface area contributed by atoms with Crippen LogP contribution in [0.4, 0.5) is 5.69 Å². The molecule has 0 radical (unpaired) electrons. The largest absolute Gasteiger partial charge is 0.382 e. The van der Waals surface area contributed by atoms with Gasteiger partial charge in [-0.25, -0.2) is 8.42 Å². The van der Waals surface area contributed by atoms with Gasteiger partial charge in [-0.05, 0) is 26.0 Å². The van der Waals surface area contributed by atoms with Crippen LogP contribution in [0.3, 0.4) is 0 Å². The van der Waals surface area contributed by atoms with Gasteiger partial charge in [-0.1, -0.05) is 34.8 Å². The molecule has 0 fully saturated rings. The van der Waals surface area contributed by atoms with Crippen LogP contribution in [0, 0.1) is 0 Å². The molecule has 1 N–H and O–H groups in total. The Kier molecular flexibility index (Phi) is 5.59. The zero-order chi connectivity index (χ0) is 13.9. The summed E-state index contributed by atoms with van der Waals surface area (Å²) in [6, 6.07) is 3.10. The van der Waals surface area contributed by atoms with E-state index in [-0.39, 0.29) is 12.3 Å². The van der Waals surface area contributed by atoms with Crippen molar-refractivity contribution in [1.29, 1.82) is 0 Å². The Morgan fingerprint density at radius 1 is 1.17 bits per heavy atom. The minimum absolute atomic E-state index is 0.0277. The first kappa shape index (κ1) is 15.9. The van der Waals surface area contributed by atoms with Gasteiger partial charge in [0.1, 0.15) is 0 Å². The molecular weight excluding hydrogens is 317 g/mol. The Bertz CT molecular complexity index is 506. The third kappa shape index (κ3) is 4.19. The van der Waals surface area contributed by atoms with Crippen molar-refractivity contribution in [3.05, 3.63) is 27.2 Å². The van der Waals surface area contributed by atoms with Crippen LogP contribution in [0.2, 0.25) is 15.1 Å². The Morgan fingerprint density at radius 2 is 1.67 bits per heavy atom. The van der Waals surface area contributed by atoms with Crippen LogP contribution >= 0.6 is 34.8 Å². The average Bonchev–Trinajstić information content (AvgIpc) is 2.21. The van der Waals surface area contributed by atoms with Crippen molar-refractivity contribution in [3.8, 4) is 0 Å². The predicted molar refractivity (Wildman–Crippen MR) is 78.9 cm³/mol. The lowest BCUT2D eigenvalue weighted by atomic mass is 10.3. The summed E-state index contributed by atoms with van der Waals surface area (Å²) in [7, 11) is -3.08. The molecule has 0 heterocycles. The van der Waals surface area contributed by atoms with E-state index in [2.05, 4.69) is 5.32 Å². The van der Waals surface area contributed by atoms with E-state index in [1.165, 1.54) is 0 Å². The smallest absolute Gasteiger partial charge is 0.154 e. The van der Waals surface area contributed by atoms with Crippen LogP contribution in [0.15, 0.2) is 12.1 Å². The molecule has 0 aliphatic rings. The molecule has 0 atom stereocenters. The van der Waals surface area contributed by atoms with Gasteiger partial charge in [0.05, 0.1) is 26.7 Å². The number of anilines is 1. The minimum atomic E-state index is -3.08. The maximum absolute atomic E-state index is 11.6. The van der Waals surface area contributed by atoms with E-state index in [0.717, 1.165) is 0 Å². The lowest BCUT2D eigenvalue weighted by Gasteiger charge is -2.12. The lowest BCUT2D eigenvalue weighted by Crippen LogP contribution is -2.23. The van der Waals surface area contributed by atoms with E-state index >= 15 is 0 Å². The average molecular weight is 331 g/mol. The topological polar surface area (TPSA) is 46.2 Å². The molecule has 0 saturated heterocycles. The van der Waals surface area contributed by atoms with Gasteiger partial charge >= 0.3 is 0 Å². The van der Waals surface area contributed by atoms with Crippen molar-refractivity contribution in [2.24, 2.45) is 0 Å². The number of benzene rings is 1. The molecule has 1 aromatic rings. The van der Waals surface area contributed by atoms with Gasteiger partial charge in [0, 0.05) is 11.6 Å². The molecule has 0 saturated carbocycles. The first-order valence-electron chi connectivity index (χ1n) is 5.34. The van der Waals surface area contributed by atoms with Crippen LogP contribution in [0.1, 0.15) is 13.8 Å². The fourth-order valence-corrected chi connectivity index (χ4v) is 3.07. The molecule has 3 nitrogen and oxygen atoms in total. The molecule has 18 heavy (non-hydrogen) atoms. The van der Waals surface area contributed by atoms with Gasteiger partial charge in [-0.15, -0.1) is 0 Å². The van der Waals surface area contributed by atoms with Crippen LogP contribution < -0.4 is 5.32 Å². The zero-order valence-electron chi connectivity index (χ0n) is 10.0. The van der Waals surface area contributed by atoms with Gasteiger partial charge in [0.15, 0.2) is 9.84 Å². The summed E-state index contributed by atoms with van der Waals surface area (Å²) >= 11 is 17.7. The summed E-state index contributed by atoms with van der Waals surface area (Å²) in [5.41, 5.74) is 0.502. The Hall–Kier alpha value is -0.160. The van der Waals surface area contributed by atoms with Crippen molar-refractivity contribution in [3.63, 3.8) is 0 Å². The number of hydrogen-bond acceptors (Lipinski definition) is 3. The monoisotopic (exact) mass is 329 g/mol. The Morgan fingerprint density at radius 3 is 2.11 bits per heavy atom. The maximum atomic E-state index is 11.6. The summed E-state index contributed by atoms with van der Waals surface area (Å²) in [4.78, 5) is 0. The number of halogens is 3. The third-order valence-corrected chi connectivity index (χ3v) is 5.44. The highest BCUT2D eigenvalue weighted by Crippen LogP contribution is 2.33. The molecule has 7 heteroatoms. The fourth-order valence-electron chi connectivity index (χ4n) is 1.27. The van der Waals surface area contributed by atoms with Crippen LogP contribution in [0.5, 0.6) is 0 Å². The first-order valence-corrected chi connectivity index (χ1v) is 8.19. The van der Waals surface area contributed by atoms with Crippen LogP contribution in [0.25, 0.3) is 0 Å². The Labute approximate surface area is 122 Å². The molecule has 0 aromatic heterocycles. The second-order valence-electron chi connectivity index (χ2n) is 4.09. The van der Waals surface area contributed by atoms with E-state index in [9.17, 15) is 8.42 Å². The van der Waals surface area contributed by atoms with Crippen LogP contribution in [-0.4, -0.2) is 26.0 Å². The second-order valence-corrected chi connectivity index (χ2v) is 8.01. The van der Waals surface area contributed by atoms with Crippen molar-refractivity contribution < 1.29 is 8.42 Å². The highest BCUT2D eigenvalue weighted by Gasteiger charge is 2.16. The van der Waals surface area contributed by atoms with E-state index in [1.54, 1.807) is 26.0 Å². The lowest BCUT2D eigenvalue weighted by molar-refractivity contribution is 0.588. The van der Waals surface area contributed by atoms with Crippen molar-refractivity contribution in [1.82, 2.24) is 0 Å². The van der Waals surface area contributed by atoms with Gasteiger partial charge in [-0.2, -0.15) is 0 Å². The van der Waals surface area contributed by atoms with Crippen molar-refractivity contribution >= 4 is 50.3 Å². The van der Waals surface area contributed by atoms with Gasteiger partial charge < -0.3 is 5.32 Å². The zero-order valence-corrected chi connectivity index (χ0v) is 13.1. The molecule has 1 rings (SSSR count). The predicted octanol–water partition coefficient (Wildman–Crippen LogP) is 3.88. The van der Waals surface area contributed by atoms with Crippen molar-refractivity contribution in [2.45, 2.75) is 19.1 Å². The third-order valence-electron chi connectivity index (χ3n) is 2.41. The summed E-state index contributed by atoms with van der Waals surface area (Å²) < 4.78 is 23.2. The van der Waals surface area contributed by atoms with Crippen molar-refractivity contribution in [2.75, 3.05) is 17.6 Å². The standard InChI is InChI=1S/C11H14Cl3NO2S/c1-7(2)18(16,17)4-3-15-11-9(13)5-8(12)6-10(11)14/h5-7,15H,3-4H2,1-2H3. The van der Waals surface area contributed by atoms with Gasteiger partial charge in [0.2, 0.25) is 0 Å². The number of rotatable bonds is 5. The molecular formula is C11H14Cl3NO2S. The SMILES string of the molecule is CC(C)S(=O)(=O)CCNc1c(Cl)cc(Cl)cc1Cl. The molecule has 0 aliphatic heterocycles. The highest BCUT2D eigenvalue weighted by molar-refractivity contribution is 7.92. The van der Waals surface area contributed by atoms with Gasteiger partial charge in [0.25, 0.3) is 0 Å². The maximum Gasteiger partial charge on any atom is 0.154 e. The summed E-state index contributed by atoms with van der Waals surface area (Å²) in [6.45, 7) is 3.55. The molecule has 1 aromatic carbocycles.